The molecular formula is C18H26BrNO4. The maximum absolute atomic E-state index is 11.1. The summed E-state index contributed by atoms with van der Waals surface area (Å²) >= 11 is 3.60. The van der Waals surface area contributed by atoms with Crippen molar-refractivity contribution in [3.05, 3.63) is 33.3 Å². The van der Waals surface area contributed by atoms with Crippen LogP contribution < -0.4 is 5.73 Å². The monoisotopic (exact) mass is 399 g/mol. The van der Waals surface area contributed by atoms with Crippen LogP contribution in [-0.2, 0) is 33.7 Å². The first kappa shape index (κ1) is 19.4. The molecule has 2 rings (SSSR count). The third kappa shape index (κ3) is 5.28. The summed E-state index contributed by atoms with van der Waals surface area (Å²) in [6.45, 7) is 3.31. The van der Waals surface area contributed by atoms with Gasteiger partial charge in [-0.2, -0.15) is 0 Å². The average Bonchev–Trinajstić information content (AvgIpc) is 2.57. The van der Waals surface area contributed by atoms with E-state index in [2.05, 4.69) is 22.9 Å². The lowest BCUT2D eigenvalue weighted by Crippen LogP contribution is -2.32. The van der Waals surface area contributed by atoms with Crippen LogP contribution in [0.2, 0.25) is 0 Å². The summed E-state index contributed by atoms with van der Waals surface area (Å²) in [5, 5.41) is 9.09. The molecule has 5 nitrogen and oxygen atoms in total. The zero-order valence-corrected chi connectivity index (χ0v) is 15.7. The van der Waals surface area contributed by atoms with Gasteiger partial charge in [0.1, 0.15) is 6.04 Å². The Balaban J connectivity index is 2.18. The molecule has 0 aliphatic carbocycles. The molecule has 1 unspecified atom stereocenters. The Bertz CT molecular complexity index is 558. The molecule has 3 N–H and O–H groups in total. The second-order valence-corrected chi connectivity index (χ2v) is 7.02. The Morgan fingerprint density at radius 2 is 2.25 bits per heavy atom. The molecule has 0 aromatic heterocycles. The van der Waals surface area contributed by atoms with Crippen molar-refractivity contribution in [3.63, 3.8) is 0 Å². The lowest BCUT2D eigenvalue weighted by molar-refractivity contribution is -0.169. The number of carbonyl (C=O) groups is 1. The van der Waals surface area contributed by atoms with E-state index in [-0.39, 0.29) is 6.29 Å². The lowest BCUT2D eigenvalue weighted by Gasteiger charge is -2.24. The van der Waals surface area contributed by atoms with Crippen LogP contribution in [0.25, 0.3) is 0 Å². The molecule has 1 saturated heterocycles. The van der Waals surface area contributed by atoms with Gasteiger partial charge in [0.2, 0.25) is 0 Å². The van der Waals surface area contributed by atoms with E-state index in [1.165, 1.54) is 0 Å². The first-order valence-electron chi connectivity index (χ1n) is 8.53. The summed E-state index contributed by atoms with van der Waals surface area (Å²) < 4.78 is 12.6. The highest BCUT2D eigenvalue weighted by atomic mass is 79.9. The van der Waals surface area contributed by atoms with Gasteiger partial charge in [0.05, 0.1) is 6.61 Å². The van der Waals surface area contributed by atoms with Gasteiger partial charge in [0, 0.05) is 11.1 Å². The highest BCUT2D eigenvalue weighted by Crippen LogP contribution is 2.28. The molecule has 24 heavy (non-hydrogen) atoms. The molecular weight excluding hydrogens is 374 g/mol. The molecule has 1 heterocycles. The van der Waals surface area contributed by atoms with Gasteiger partial charge >= 0.3 is 5.97 Å². The van der Waals surface area contributed by atoms with Gasteiger partial charge in [0.15, 0.2) is 6.29 Å². The van der Waals surface area contributed by atoms with E-state index in [1.807, 2.05) is 12.1 Å². The van der Waals surface area contributed by atoms with E-state index in [0.717, 1.165) is 59.9 Å². The summed E-state index contributed by atoms with van der Waals surface area (Å²) in [6, 6.07) is 3.01. The molecule has 0 bridgehead atoms. The maximum Gasteiger partial charge on any atom is 0.320 e. The zero-order valence-electron chi connectivity index (χ0n) is 14.1. The van der Waals surface area contributed by atoms with Crippen LogP contribution >= 0.6 is 15.9 Å². The number of aliphatic carboxylic acids is 1. The van der Waals surface area contributed by atoms with Gasteiger partial charge in [0.25, 0.3) is 0 Å². The minimum Gasteiger partial charge on any atom is -0.480 e. The van der Waals surface area contributed by atoms with Crippen molar-refractivity contribution < 1.29 is 19.4 Å². The number of hydrogen-bond acceptors (Lipinski definition) is 4. The fraction of sp³-hybridized carbons (Fsp3) is 0.611. The largest absolute Gasteiger partial charge is 0.480 e. The molecule has 0 radical (unpaired) electrons. The van der Waals surface area contributed by atoms with Crippen LogP contribution in [-0.4, -0.2) is 30.0 Å². The first-order chi connectivity index (χ1) is 11.5. The number of halogens is 1. The Morgan fingerprint density at radius 1 is 1.46 bits per heavy atom. The lowest BCUT2D eigenvalue weighted by atomic mass is 9.93. The van der Waals surface area contributed by atoms with Gasteiger partial charge in [-0.1, -0.05) is 35.3 Å². The summed E-state index contributed by atoms with van der Waals surface area (Å²) in [4.78, 5) is 11.1. The predicted octanol–water partition coefficient (Wildman–Crippen LogP) is 3.40. The van der Waals surface area contributed by atoms with Crippen LogP contribution in [0.1, 0.15) is 49.3 Å². The van der Waals surface area contributed by atoms with Crippen LogP contribution in [0, 0.1) is 0 Å². The van der Waals surface area contributed by atoms with E-state index >= 15 is 0 Å². The molecule has 134 valence electrons. The molecule has 1 aromatic rings. The number of hydrogen-bond donors (Lipinski definition) is 2. The van der Waals surface area contributed by atoms with Crippen LogP contribution in [0.15, 0.2) is 16.6 Å². The van der Waals surface area contributed by atoms with E-state index in [4.69, 9.17) is 20.3 Å². The minimum atomic E-state index is -0.978. The van der Waals surface area contributed by atoms with Crippen LogP contribution in [0.4, 0.5) is 0 Å². The molecule has 1 aliphatic heterocycles. The molecule has 1 aromatic carbocycles. The van der Waals surface area contributed by atoms with Gasteiger partial charge in [-0.25, -0.2) is 0 Å². The Labute approximate surface area is 151 Å². The SMILES string of the molecule is CCCc1c(C[C@H](N)C(=O)O)ccc(Br)c1COC1CCCCO1. The molecule has 1 aliphatic rings. The second kappa shape index (κ2) is 9.51. The first-order valence-corrected chi connectivity index (χ1v) is 9.33. The molecule has 2 atom stereocenters. The van der Waals surface area contributed by atoms with E-state index in [1.54, 1.807) is 0 Å². The van der Waals surface area contributed by atoms with Crippen molar-refractivity contribution in [1.29, 1.82) is 0 Å². The van der Waals surface area contributed by atoms with Crippen molar-refractivity contribution >= 4 is 21.9 Å². The average molecular weight is 400 g/mol. The van der Waals surface area contributed by atoms with Crippen LogP contribution in [0.5, 0.6) is 0 Å². The highest BCUT2D eigenvalue weighted by molar-refractivity contribution is 9.10. The number of carboxylic acids is 1. The number of rotatable bonds is 8. The maximum atomic E-state index is 11.1. The number of benzene rings is 1. The normalized spacial score (nSPS) is 19.2. The number of carboxylic acid groups (broad SMARTS) is 1. The van der Waals surface area contributed by atoms with Crippen molar-refractivity contribution in [2.45, 2.75) is 64.4 Å². The number of ether oxygens (including phenoxy) is 2. The zero-order chi connectivity index (χ0) is 17.5. The van der Waals surface area contributed by atoms with Gasteiger partial charge in [-0.05, 0) is 54.9 Å². The quantitative estimate of drug-likeness (QED) is 0.699. The van der Waals surface area contributed by atoms with Crippen molar-refractivity contribution in [2.24, 2.45) is 5.73 Å². The minimum absolute atomic E-state index is 0.148. The molecule has 1 fully saturated rings. The standard InChI is InChI=1S/C18H26BrNO4/c1-2-5-13-12(10-16(20)18(21)22)7-8-15(19)14(13)11-24-17-6-3-4-9-23-17/h7-8,16-17H,2-6,9-11,20H2,1H3,(H,21,22)/t16-,17?/m0/s1. The van der Waals surface area contributed by atoms with Gasteiger partial charge < -0.3 is 20.3 Å². The third-order valence-corrected chi connectivity index (χ3v) is 5.02. The fourth-order valence-electron chi connectivity index (χ4n) is 2.96. The fourth-order valence-corrected chi connectivity index (χ4v) is 3.45. The van der Waals surface area contributed by atoms with Gasteiger partial charge in [-0.3, -0.25) is 4.79 Å². The second-order valence-electron chi connectivity index (χ2n) is 6.17. The predicted molar refractivity (Wildman–Crippen MR) is 95.8 cm³/mol. The Hall–Kier alpha value is -0.950. The Kier molecular flexibility index (Phi) is 7.68. The van der Waals surface area contributed by atoms with Crippen molar-refractivity contribution in [2.75, 3.05) is 6.61 Å². The third-order valence-electron chi connectivity index (χ3n) is 4.28. The highest BCUT2D eigenvalue weighted by Gasteiger charge is 2.20. The molecule has 0 amide bonds. The summed E-state index contributed by atoms with van der Waals surface area (Å²) in [5.74, 6) is -0.978. The summed E-state index contributed by atoms with van der Waals surface area (Å²) in [6.07, 6.45) is 5.15. The molecule has 0 saturated carbocycles. The Morgan fingerprint density at radius 3 is 2.88 bits per heavy atom. The summed E-state index contributed by atoms with van der Waals surface area (Å²) in [5.41, 5.74) is 8.92. The molecule has 6 heteroatoms. The molecule has 0 spiro atoms. The van der Waals surface area contributed by atoms with Gasteiger partial charge in [-0.15, -0.1) is 0 Å². The van der Waals surface area contributed by atoms with Crippen molar-refractivity contribution in [3.8, 4) is 0 Å². The van der Waals surface area contributed by atoms with Crippen molar-refractivity contribution in [1.82, 2.24) is 0 Å². The van der Waals surface area contributed by atoms with E-state index in [0.29, 0.717) is 13.0 Å². The van der Waals surface area contributed by atoms with E-state index in [9.17, 15) is 4.79 Å². The van der Waals surface area contributed by atoms with Crippen LogP contribution in [0.3, 0.4) is 0 Å². The summed E-state index contributed by atoms with van der Waals surface area (Å²) in [7, 11) is 0. The topological polar surface area (TPSA) is 81.8 Å². The van der Waals surface area contributed by atoms with E-state index < -0.39 is 12.0 Å². The smallest absolute Gasteiger partial charge is 0.320 e. The number of nitrogens with two attached hydrogens (primary N) is 1.